The highest BCUT2D eigenvalue weighted by atomic mass is 35.5. The lowest BCUT2D eigenvalue weighted by atomic mass is 10.1. The molecule has 3 rings (SSSR count). The number of fused-ring (bicyclic) bond motifs is 1. The first kappa shape index (κ1) is 11.7. The van der Waals surface area contributed by atoms with Crippen molar-refractivity contribution in [1.82, 2.24) is 15.2 Å². The Balaban J connectivity index is 1.94. The average molecular weight is 263 g/mol. The maximum atomic E-state index is 6.06. The summed E-state index contributed by atoms with van der Waals surface area (Å²) < 4.78 is 0. The first-order chi connectivity index (χ1) is 8.84. The highest BCUT2D eigenvalue weighted by molar-refractivity contribution is 6.34. The third-order valence-corrected chi connectivity index (χ3v) is 3.54. The van der Waals surface area contributed by atoms with Crippen LogP contribution < -0.4 is 5.43 Å². The summed E-state index contributed by atoms with van der Waals surface area (Å²) in [6, 6.07) is 7.93. The summed E-state index contributed by atoms with van der Waals surface area (Å²) >= 11 is 6.06. The second-order valence-corrected chi connectivity index (χ2v) is 4.90. The fourth-order valence-corrected chi connectivity index (χ4v) is 2.51. The molecule has 1 fully saturated rings. The van der Waals surface area contributed by atoms with E-state index in [1.807, 2.05) is 24.3 Å². The van der Waals surface area contributed by atoms with Crippen molar-refractivity contribution in [3.8, 4) is 0 Å². The minimum Gasteiger partial charge on any atom is -0.301 e. The van der Waals surface area contributed by atoms with Crippen LogP contribution in [0.15, 0.2) is 24.3 Å². The molecule has 94 valence electrons. The number of rotatable bonds is 2. The van der Waals surface area contributed by atoms with Crippen molar-refractivity contribution in [2.24, 2.45) is 0 Å². The Labute approximate surface area is 111 Å². The fraction of sp³-hybridized carbons (Fsp3) is 0.385. The average Bonchev–Trinajstić information content (AvgIpc) is 2.44. The molecule has 1 aromatic heterocycles. The van der Waals surface area contributed by atoms with Gasteiger partial charge in [-0.3, -0.25) is 0 Å². The second-order valence-electron chi connectivity index (χ2n) is 4.54. The monoisotopic (exact) mass is 262 g/mol. The molecule has 0 radical (unpaired) electrons. The van der Waals surface area contributed by atoms with Gasteiger partial charge in [0.25, 0.3) is 0 Å². The SMILES string of the molecule is Clc1nnc(NN2CCCCC2)c2ccccc12. The number of piperidine rings is 1. The molecule has 0 amide bonds. The zero-order valence-corrected chi connectivity index (χ0v) is 10.8. The number of aromatic nitrogens is 2. The molecule has 0 saturated carbocycles. The van der Waals surface area contributed by atoms with Crippen molar-refractivity contribution in [1.29, 1.82) is 0 Å². The van der Waals surface area contributed by atoms with E-state index in [9.17, 15) is 0 Å². The van der Waals surface area contributed by atoms with Gasteiger partial charge in [-0.15, -0.1) is 10.2 Å². The van der Waals surface area contributed by atoms with Crippen LogP contribution in [-0.2, 0) is 0 Å². The fourth-order valence-electron chi connectivity index (χ4n) is 2.31. The summed E-state index contributed by atoms with van der Waals surface area (Å²) in [6.45, 7) is 2.11. The van der Waals surface area contributed by atoms with E-state index in [-0.39, 0.29) is 0 Å². The van der Waals surface area contributed by atoms with Crippen LogP contribution in [-0.4, -0.2) is 28.3 Å². The molecule has 4 nitrogen and oxygen atoms in total. The van der Waals surface area contributed by atoms with Crippen molar-refractivity contribution in [3.63, 3.8) is 0 Å². The summed E-state index contributed by atoms with van der Waals surface area (Å²) in [5.74, 6) is 0.789. The normalized spacial score (nSPS) is 16.9. The standard InChI is InChI=1S/C13H15ClN4/c14-12-10-6-2-3-7-11(10)13(16-15-12)17-18-8-4-1-5-9-18/h2-3,6-7H,1,4-5,8-9H2,(H,16,17). The van der Waals surface area contributed by atoms with E-state index in [0.717, 1.165) is 29.7 Å². The molecule has 2 heterocycles. The number of benzene rings is 1. The van der Waals surface area contributed by atoms with Crippen LogP contribution in [0.1, 0.15) is 19.3 Å². The largest absolute Gasteiger partial charge is 0.301 e. The van der Waals surface area contributed by atoms with Crippen molar-refractivity contribution in [2.45, 2.75) is 19.3 Å². The Kier molecular flexibility index (Phi) is 3.30. The van der Waals surface area contributed by atoms with E-state index in [0.29, 0.717) is 5.15 Å². The Hall–Kier alpha value is -1.39. The maximum Gasteiger partial charge on any atom is 0.171 e. The van der Waals surface area contributed by atoms with Gasteiger partial charge in [0.05, 0.1) is 0 Å². The molecule has 0 atom stereocenters. The van der Waals surface area contributed by atoms with Crippen LogP contribution in [0.2, 0.25) is 5.15 Å². The molecule has 2 aromatic rings. The van der Waals surface area contributed by atoms with Crippen LogP contribution in [0, 0.1) is 0 Å². The molecule has 0 bridgehead atoms. The van der Waals surface area contributed by atoms with Gasteiger partial charge in [-0.25, -0.2) is 5.01 Å². The zero-order chi connectivity index (χ0) is 12.4. The van der Waals surface area contributed by atoms with Crippen LogP contribution in [0.25, 0.3) is 10.8 Å². The Morgan fingerprint density at radius 2 is 1.72 bits per heavy atom. The van der Waals surface area contributed by atoms with Crippen LogP contribution in [0.3, 0.4) is 0 Å². The van der Waals surface area contributed by atoms with E-state index in [1.54, 1.807) is 0 Å². The smallest absolute Gasteiger partial charge is 0.171 e. The molecule has 1 N–H and O–H groups in total. The predicted octanol–water partition coefficient (Wildman–Crippen LogP) is 3.10. The van der Waals surface area contributed by atoms with Gasteiger partial charge in [0.15, 0.2) is 11.0 Å². The molecule has 0 aliphatic carbocycles. The summed E-state index contributed by atoms with van der Waals surface area (Å²) in [5, 5.41) is 12.8. The highest BCUT2D eigenvalue weighted by Gasteiger charge is 2.13. The Morgan fingerprint density at radius 3 is 2.50 bits per heavy atom. The first-order valence-corrected chi connectivity index (χ1v) is 6.65. The number of nitrogens with zero attached hydrogens (tertiary/aromatic N) is 3. The van der Waals surface area contributed by atoms with Gasteiger partial charge < -0.3 is 5.43 Å². The lowest BCUT2D eigenvalue weighted by Gasteiger charge is -2.27. The number of hydrogen-bond acceptors (Lipinski definition) is 4. The number of nitrogens with one attached hydrogen (secondary N) is 1. The minimum absolute atomic E-state index is 0.454. The number of hydrogen-bond donors (Lipinski definition) is 1. The molecule has 1 aliphatic heterocycles. The molecule has 1 aromatic carbocycles. The third kappa shape index (κ3) is 2.26. The summed E-state index contributed by atoms with van der Waals surface area (Å²) in [5.41, 5.74) is 3.35. The lowest BCUT2D eigenvalue weighted by Crippen LogP contribution is -2.35. The number of anilines is 1. The van der Waals surface area contributed by atoms with Crippen LogP contribution in [0.4, 0.5) is 5.82 Å². The van der Waals surface area contributed by atoms with E-state index < -0.39 is 0 Å². The van der Waals surface area contributed by atoms with Gasteiger partial charge in [-0.05, 0) is 12.8 Å². The van der Waals surface area contributed by atoms with E-state index in [2.05, 4.69) is 20.6 Å². The van der Waals surface area contributed by atoms with E-state index in [4.69, 9.17) is 11.6 Å². The second kappa shape index (κ2) is 5.08. The van der Waals surface area contributed by atoms with Crippen molar-refractivity contribution < 1.29 is 0 Å². The quantitative estimate of drug-likeness (QED) is 0.903. The van der Waals surface area contributed by atoms with Gasteiger partial charge in [-0.1, -0.05) is 42.3 Å². The van der Waals surface area contributed by atoms with Gasteiger partial charge in [0.1, 0.15) is 0 Å². The molecule has 1 aliphatic rings. The maximum absolute atomic E-state index is 6.06. The van der Waals surface area contributed by atoms with E-state index in [1.165, 1.54) is 19.3 Å². The van der Waals surface area contributed by atoms with Gasteiger partial charge in [0.2, 0.25) is 0 Å². The zero-order valence-electron chi connectivity index (χ0n) is 10.1. The molecule has 1 saturated heterocycles. The van der Waals surface area contributed by atoms with Gasteiger partial charge in [0, 0.05) is 23.9 Å². The minimum atomic E-state index is 0.454. The van der Waals surface area contributed by atoms with Crippen LogP contribution >= 0.6 is 11.6 Å². The molecule has 5 heteroatoms. The Morgan fingerprint density at radius 1 is 1.00 bits per heavy atom. The highest BCUT2D eigenvalue weighted by Crippen LogP contribution is 2.26. The summed E-state index contributed by atoms with van der Waals surface area (Å²) in [4.78, 5) is 0. The summed E-state index contributed by atoms with van der Waals surface area (Å²) in [6.07, 6.45) is 3.77. The van der Waals surface area contributed by atoms with Gasteiger partial charge in [-0.2, -0.15) is 0 Å². The van der Waals surface area contributed by atoms with Crippen molar-refractivity contribution in [3.05, 3.63) is 29.4 Å². The van der Waals surface area contributed by atoms with Crippen molar-refractivity contribution in [2.75, 3.05) is 18.5 Å². The lowest BCUT2D eigenvalue weighted by molar-refractivity contribution is 0.272. The van der Waals surface area contributed by atoms with E-state index >= 15 is 0 Å². The topological polar surface area (TPSA) is 41.1 Å². The van der Waals surface area contributed by atoms with Gasteiger partial charge >= 0.3 is 0 Å². The van der Waals surface area contributed by atoms with Crippen LogP contribution in [0.5, 0.6) is 0 Å². The number of halogens is 1. The molecular formula is C13H15ClN4. The first-order valence-electron chi connectivity index (χ1n) is 6.27. The molecule has 18 heavy (non-hydrogen) atoms. The molecule has 0 spiro atoms. The van der Waals surface area contributed by atoms with Crippen molar-refractivity contribution >= 4 is 28.2 Å². The summed E-state index contributed by atoms with van der Waals surface area (Å²) in [7, 11) is 0. The number of hydrazine groups is 1. The molecule has 0 unspecified atom stereocenters. The third-order valence-electron chi connectivity index (χ3n) is 3.26. The Bertz CT molecular complexity index is 552. The molecular weight excluding hydrogens is 248 g/mol. The predicted molar refractivity (Wildman–Crippen MR) is 73.6 cm³/mol.